The second-order valence-corrected chi connectivity index (χ2v) is 10.9. The van der Waals surface area contributed by atoms with Crippen LogP contribution < -0.4 is 16.4 Å². The van der Waals surface area contributed by atoms with Gasteiger partial charge in [-0.2, -0.15) is 8.78 Å². The lowest BCUT2D eigenvalue weighted by molar-refractivity contribution is -0.159. The second-order valence-electron chi connectivity index (χ2n) is 9.58. The zero-order chi connectivity index (χ0) is 26.3. The van der Waals surface area contributed by atoms with Gasteiger partial charge in [-0.3, -0.25) is 14.4 Å². The Morgan fingerprint density at radius 2 is 2.08 bits per heavy atom. The number of halogens is 2. The second kappa shape index (κ2) is 10.6. The molecule has 5 N–H and O–H groups in total. The zero-order valence-electron chi connectivity index (χ0n) is 20.0. The summed E-state index contributed by atoms with van der Waals surface area (Å²) in [5.74, 6) is -4.44. The number of nitrogens with two attached hydrogens (primary N) is 1. The van der Waals surface area contributed by atoms with Gasteiger partial charge < -0.3 is 36.0 Å². The van der Waals surface area contributed by atoms with Crippen LogP contribution in [0.5, 0.6) is 0 Å². The third-order valence-electron chi connectivity index (χ3n) is 7.29. The molecule has 0 unspecified atom stereocenters. The highest BCUT2D eigenvalue weighted by atomic mass is 32.2. The molecule has 4 heterocycles. The van der Waals surface area contributed by atoms with E-state index >= 15 is 0 Å². The SMILES string of the molecule is C[C@@H](NC(=O)C(F)F)[C@H]1C(=O)N2C(C(=O)O)=C(S[C@@H]3CN[C@H](C(=O)N4CCO[C@@H](CN)C4)C3)[C@H](C)[C@H]12. The summed E-state index contributed by atoms with van der Waals surface area (Å²) in [4.78, 5) is 52.9. The standard InChI is InChI=1S/C22H31F2N5O6S/c1-9-15-14(10(2)27-19(30)18(23)24)21(32)29(15)16(22(33)34)17(9)36-12-5-13(26-7-12)20(31)28-3-4-35-11(6-25)8-28/h9-15,18,26H,3-8,25H2,1-2H3,(H,27,30)(H,33,34)/t9-,10-,11+,12+,13+,14-,15-/m1/s1. The summed E-state index contributed by atoms with van der Waals surface area (Å²) in [7, 11) is 0. The van der Waals surface area contributed by atoms with Gasteiger partial charge in [-0.05, 0) is 13.3 Å². The zero-order valence-corrected chi connectivity index (χ0v) is 20.8. The molecule has 7 atom stereocenters. The lowest BCUT2D eigenvalue weighted by Crippen LogP contribution is -2.66. The van der Waals surface area contributed by atoms with E-state index in [0.29, 0.717) is 44.1 Å². The molecule has 0 aliphatic carbocycles. The Morgan fingerprint density at radius 3 is 2.72 bits per heavy atom. The van der Waals surface area contributed by atoms with Crippen LogP contribution in [0, 0.1) is 11.8 Å². The van der Waals surface area contributed by atoms with E-state index in [1.807, 2.05) is 0 Å². The Kier molecular flexibility index (Phi) is 7.88. The van der Waals surface area contributed by atoms with E-state index in [1.54, 1.807) is 11.8 Å². The van der Waals surface area contributed by atoms with Crippen LogP contribution in [0.25, 0.3) is 0 Å². The number of ether oxygens (including phenoxy) is 1. The van der Waals surface area contributed by atoms with Crippen molar-refractivity contribution < 1.29 is 37.8 Å². The van der Waals surface area contributed by atoms with Gasteiger partial charge in [-0.25, -0.2) is 4.79 Å². The number of carbonyl (C=O) groups is 4. The smallest absolute Gasteiger partial charge is 0.353 e. The summed E-state index contributed by atoms with van der Waals surface area (Å²) >= 11 is 1.33. The number of carboxylic acids is 1. The number of hydrogen-bond donors (Lipinski definition) is 4. The first-order valence-corrected chi connectivity index (χ1v) is 12.8. The van der Waals surface area contributed by atoms with Crippen molar-refractivity contribution in [1.82, 2.24) is 20.4 Å². The van der Waals surface area contributed by atoms with Crippen molar-refractivity contribution in [3.63, 3.8) is 0 Å². The predicted octanol–water partition coefficient (Wildman–Crippen LogP) is -0.821. The van der Waals surface area contributed by atoms with Gasteiger partial charge in [0.1, 0.15) is 5.70 Å². The van der Waals surface area contributed by atoms with Gasteiger partial charge in [-0.1, -0.05) is 6.92 Å². The van der Waals surface area contributed by atoms with E-state index in [0.717, 1.165) is 0 Å². The lowest BCUT2D eigenvalue weighted by Gasteiger charge is -2.47. The molecule has 0 aromatic rings. The molecule has 36 heavy (non-hydrogen) atoms. The van der Waals surface area contributed by atoms with E-state index in [4.69, 9.17) is 10.5 Å². The van der Waals surface area contributed by atoms with E-state index in [1.165, 1.54) is 23.6 Å². The minimum atomic E-state index is -3.21. The summed E-state index contributed by atoms with van der Waals surface area (Å²) in [6.07, 6.45) is -2.91. The lowest BCUT2D eigenvalue weighted by atomic mass is 9.78. The van der Waals surface area contributed by atoms with Gasteiger partial charge in [-0.15, -0.1) is 11.8 Å². The predicted molar refractivity (Wildman–Crippen MR) is 125 cm³/mol. The monoisotopic (exact) mass is 531 g/mol. The Labute approximate surface area is 211 Å². The third kappa shape index (κ3) is 4.83. The first-order chi connectivity index (χ1) is 17.0. The Hall–Kier alpha value is -2.29. The molecule has 0 bridgehead atoms. The number of alkyl halides is 2. The maximum atomic E-state index is 13.0. The van der Waals surface area contributed by atoms with Crippen molar-refractivity contribution in [1.29, 1.82) is 0 Å². The van der Waals surface area contributed by atoms with Gasteiger partial charge in [0.15, 0.2) is 0 Å². The summed E-state index contributed by atoms with van der Waals surface area (Å²) in [5.41, 5.74) is 5.56. The van der Waals surface area contributed by atoms with Crippen LogP contribution in [0.1, 0.15) is 20.3 Å². The Morgan fingerprint density at radius 1 is 1.36 bits per heavy atom. The fraction of sp³-hybridized carbons (Fsp3) is 0.727. The third-order valence-corrected chi connectivity index (χ3v) is 8.81. The van der Waals surface area contributed by atoms with Crippen molar-refractivity contribution in [2.75, 3.05) is 32.8 Å². The quantitative estimate of drug-likeness (QED) is 0.294. The molecule has 0 saturated carbocycles. The van der Waals surface area contributed by atoms with Crippen LogP contribution in [0.2, 0.25) is 0 Å². The largest absolute Gasteiger partial charge is 0.477 e. The molecule has 0 spiro atoms. The topological polar surface area (TPSA) is 154 Å². The maximum Gasteiger partial charge on any atom is 0.353 e. The molecular formula is C22H31F2N5O6S. The fourth-order valence-corrected chi connectivity index (χ4v) is 7.00. The number of aliphatic carboxylic acids is 1. The number of carboxylic acid groups (broad SMARTS) is 1. The average molecular weight is 532 g/mol. The first-order valence-electron chi connectivity index (χ1n) is 11.9. The Balaban J connectivity index is 1.42. The minimum Gasteiger partial charge on any atom is -0.477 e. The molecule has 0 aromatic carbocycles. The molecule has 0 aromatic heterocycles. The molecule has 3 fully saturated rings. The van der Waals surface area contributed by atoms with Gasteiger partial charge in [0.05, 0.1) is 30.7 Å². The summed E-state index contributed by atoms with van der Waals surface area (Å²) in [5, 5.41) is 15.2. The summed E-state index contributed by atoms with van der Waals surface area (Å²) < 4.78 is 30.9. The van der Waals surface area contributed by atoms with Gasteiger partial charge in [0, 0.05) is 48.3 Å². The maximum absolute atomic E-state index is 13.0. The number of carbonyl (C=O) groups excluding carboxylic acids is 3. The molecule has 0 radical (unpaired) electrons. The van der Waals surface area contributed by atoms with Gasteiger partial charge in [0.2, 0.25) is 11.8 Å². The highest BCUT2D eigenvalue weighted by molar-refractivity contribution is 8.03. The molecular weight excluding hydrogens is 500 g/mol. The molecule has 200 valence electrons. The number of rotatable bonds is 8. The first kappa shape index (κ1) is 26.8. The van der Waals surface area contributed by atoms with Crippen molar-refractivity contribution in [3.8, 4) is 0 Å². The van der Waals surface area contributed by atoms with Crippen LogP contribution in [-0.2, 0) is 23.9 Å². The number of hydrogen-bond acceptors (Lipinski definition) is 8. The van der Waals surface area contributed by atoms with Crippen LogP contribution >= 0.6 is 11.8 Å². The van der Waals surface area contributed by atoms with Crippen LogP contribution in [0.3, 0.4) is 0 Å². The number of thioether (sulfide) groups is 1. The number of nitrogens with one attached hydrogen (secondary N) is 2. The average Bonchev–Trinajstić information content (AvgIpc) is 3.40. The van der Waals surface area contributed by atoms with E-state index in [-0.39, 0.29) is 28.9 Å². The summed E-state index contributed by atoms with van der Waals surface area (Å²) in [6.45, 7) is 5.41. The molecule has 4 rings (SSSR count). The van der Waals surface area contributed by atoms with Crippen molar-refractivity contribution in [2.24, 2.45) is 17.6 Å². The van der Waals surface area contributed by atoms with E-state index in [2.05, 4.69) is 10.6 Å². The molecule has 11 nitrogen and oxygen atoms in total. The molecule has 14 heteroatoms. The van der Waals surface area contributed by atoms with E-state index in [9.17, 15) is 33.1 Å². The number of nitrogens with zero attached hydrogens (tertiary/aromatic N) is 2. The van der Waals surface area contributed by atoms with Crippen molar-refractivity contribution >= 4 is 35.5 Å². The highest BCUT2D eigenvalue weighted by Crippen LogP contribution is 2.51. The van der Waals surface area contributed by atoms with E-state index < -0.39 is 48.3 Å². The molecule has 4 aliphatic rings. The number of amides is 3. The number of β-lactam (4-membered cyclic amide) rings is 1. The van der Waals surface area contributed by atoms with Crippen LogP contribution in [0.4, 0.5) is 8.78 Å². The van der Waals surface area contributed by atoms with Crippen LogP contribution in [0.15, 0.2) is 10.6 Å². The van der Waals surface area contributed by atoms with Crippen LogP contribution in [-0.4, -0.2) is 107 Å². The van der Waals surface area contributed by atoms with Crippen molar-refractivity contribution in [3.05, 3.63) is 10.6 Å². The Bertz CT molecular complexity index is 967. The van der Waals surface area contributed by atoms with Crippen molar-refractivity contribution in [2.45, 2.75) is 56.2 Å². The highest BCUT2D eigenvalue weighted by Gasteiger charge is 2.60. The minimum absolute atomic E-state index is 0.0468. The van der Waals surface area contributed by atoms with Gasteiger partial charge >= 0.3 is 12.4 Å². The molecule has 3 saturated heterocycles. The molecule has 4 aliphatic heterocycles. The molecule has 3 amide bonds. The number of fused-ring (bicyclic) bond motifs is 1. The fourth-order valence-electron chi connectivity index (χ4n) is 5.52. The number of morpholine rings is 1. The summed E-state index contributed by atoms with van der Waals surface area (Å²) in [6, 6.07) is -1.84. The normalized spacial score (nSPS) is 33.0. The van der Waals surface area contributed by atoms with Gasteiger partial charge in [0.25, 0.3) is 5.91 Å².